The highest BCUT2D eigenvalue weighted by Gasteiger charge is 2.20. The maximum absolute atomic E-state index is 12.5. The zero-order chi connectivity index (χ0) is 20.0. The molecule has 1 N–H and O–H groups in total. The van der Waals surface area contributed by atoms with Gasteiger partial charge >= 0.3 is 5.97 Å². The van der Waals surface area contributed by atoms with E-state index in [0.717, 1.165) is 5.56 Å². The van der Waals surface area contributed by atoms with Crippen LogP contribution in [-0.2, 0) is 14.3 Å². The van der Waals surface area contributed by atoms with E-state index in [1.807, 2.05) is 6.92 Å². The quantitative estimate of drug-likeness (QED) is 0.763. The molecule has 0 aromatic heterocycles. The number of hydrogen-bond acceptors (Lipinski definition) is 4. The molecular weight excluding hydrogens is 368 g/mol. The molecule has 7 heteroatoms. The van der Waals surface area contributed by atoms with Gasteiger partial charge in [-0.15, -0.1) is 0 Å². The van der Waals surface area contributed by atoms with Gasteiger partial charge < -0.3 is 15.0 Å². The molecule has 6 nitrogen and oxygen atoms in total. The first kappa shape index (κ1) is 20.5. The zero-order valence-electron chi connectivity index (χ0n) is 15.4. The average Bonchev–Trinajstić information content (AvgIpc) is 2.62. The number of carbonyl (C=O) groups excluding carboxylic acids is 3. The lowest BCUT2D eigenvalue weighted by atomic mass is 10.1. The highest BCUT2D eigenvalue weighted by atomic mass is 35.5. The van der Waals surface area contributed by atoms with Crippen LogP contribution in [0.15, 0.2) is 42.5 Å². The number of halogens is 1. The lowest BCUT2D eigenvalue weighted by Crippen LogP contribution is -2.37. The molecule has 2 amide bonds. The minimum absolute atomic E-state index is 0.215. The summed E-state index contributed by atoms with van der Waals surface area (Å²) < 4.78 is 5.00. The first-order valence-electron chi connectivity index (χ1n) is 8.43. The molecule has 0 atom stereocenters. The second-order valence-electron chi connectivity index (χ2n) is 5.85. The van der Waals surface area contributed by atoms with E-state index >= 15 is 0 Å². The molecule has 0 aliphatic carbocycles. The molecule has 0 fully saturated rings. The van der Waals surface area contributed by atoms with Crippen molar-refractivity contribution in [3.63, 3.8) is 0 Å². The number of anilines is 2. The van der Waals surface area contributed by atoms with Gasteiger partial charge in [-0.1, -0.05) is 29.8 Å². The van der Waals surface area contributed by atoms with Gasteiger partial charge in [0.15, 0.2) is 0 Å². The lowest BCUT2D eigenvalue weighted by molar-refractivity contribution is -0.120. The highest BCUT2D eigenvalue weighted by Crippen LogP contribution is 2.25. The number of nitrogens with zero attached hydrogens (tertiary/aromatic N) is 1. The number of esters is 1. The Morgan fingerprint density at radius 1 is 1.15 bits per heavy atom. The Kier molecular flexibility index (Phi) is 6.96. The zero-order valence-corrected chi connectivity index (χ0v) is 16.2. The summed E-state index contributed by atoms with van der Waals surface area (Å²) in [5, 5.41) is 3.14. The van der Waals surface area contributed by atoms with E-state index in [0.29, 0.717) is 16.4 Å². The van der Waals surface area contributed by atoms with Gasteiger partial charge in [-0.05, 0) is 43.7 Å². The molecule has 0 saturated carbocycles. The smallest absolute Gasteiger partial charge is 0.340 e. The largest absolute Gasteiger partial charge is 0.462 e. The maximum Gasteiger partial charge on any atom is 0.340 e. The highest BCUT2D eigenvalue weighted by molar-refractivity contribution is 6.31. The van der Waals surface area contributed by atoms with E-state index in [9.17, 15) is 14.4 Å². The molecule has 0 radical (unpaired) electrons. The average molecular weight is 389 g/mol. The van der Waals surface area contributed by atoms with Crippen molar-refractivity contribution < 1.29 is 19.1 Å². The van der Waals surface area contributed by atoms with Gasteiger partial charge in [-0.2, -0.15) is 0 Å². The van der Waals surface area contributed by atoms with Crippen molar-refractivity contribution >= 4 is 40.8 Å². The molecule has 2 aromatic rings. The van der Waals surface area contributed by atoms with Crippen LogP contribution in [0.2, 0.25) is 5.02 Å². The first-order valence-corrected chi connectivity index (χ1v) is 8.81. The topological polar surface area (TPSA) is 75.7 Å². The first-order chi connectivity index (χ1) is 12.8. The van der Waals surface area contributed by atoms with Crippen LogP contribution in [0.1, 0.15) is 29.8 Å². The fourth-order valence-electron chi connectivity index (χ4n) is 2.55. The summed E-state index contributed by atoms with van der Waals surface area (Å²) in [6.45, 7) is 4.92. The summed E-state index contributed by atoms with van der Waals surface area (Å²) in [4.78, 5) is 38.0. The lowest BCUT2D eigenvalue weighted by Gasteiger charge is -2.23. The summed E-state index contributed by atoms with van der Waals surface area (Å²) >= 11 is 6.03. The predicted molar refractivity (Wildman–Crippen MR) is 105 cm³/mol. The van der Waals surface area contributed by atoms with Crippen LogP contribution in [-0.4, -0.2) is 30.9 Å². The number of carbonyl (C=O) groups is 3. The number of hydrogen-bond donors (Lipinski definition) is 1. The predicted octanol–water partition coefficient (Wildman–Crippen LogP) is 3.82. The van der Waals surface area contributed by atoms with Crippen LogP contribution < -0.4 is 10.2 Å². The molecule has 0 saturated heterocycles. The number of amides is 2. The molecule has 2 aromatic carbocycles. The Labute approximate surface area is 163 Å². The summed E-state index contributed by atoms with van der Waals surface area (Å²) in [5.74, 6) is -1.27. The Morgan fingerprint density at radius 2 is 1.85 bits per heavy atom. The summed E-state index contributed by atoms with van der Waals surface area (Å²) in [5.41, 5.74) is 1.95. The SMILES string of the molecule is CCOC(=O)c1ccccc1NC(=O)CN(C(C)=O)c1cc(Cl)ccc1C. The third-order valence-corrected chi connectivity index (χ3v) is 4.08. The van der Waals surface area contributed by atoms with Crippen molar-refractivity contribution in [3.8, 4) is 0 Å². The molecule has 2 rings (SSSR count). The Morgan fingerprint density at radius 3 is 2.52 bits per heavy atom. The molecular formula is C20H21ClN2O4. The van der Waals surface area contributed by atoms with Gasteiger partial charge in [0.25, 0.3) is 0 Å². The van der Waals surface area contributed by atoms with Crippen molar-refractivity contribution in [1.29, 1.82) is 0 Å². The van der Waals surface area contributed by atoms with Gasteiger partial charge in [-0.25, -0.2) is 4.79 Å². The van der Waals surface area contributed by atoms with E-state index in [-0.39, 0.29) is 24.6 Å². The Bertz CT molecular complexity index is 867. The number of aryl methyl sites for hydroxylation is 1. The van der Waals surface area contributed by atoms with Crippen molar-refractivity contribution in [1.82, 2.24) is 0 Å². The molecule has 0 spiro atoms. The van der Waals surface area contributed by atoms with Gasteiger partial charge in [0.2, 0.25) is 11.8 Å². The summed E-state index contributed by atoms with van der Waals surface area (Å²) in [7, 11) is 0. The van der Waals surface area contributed by atoms with Crippen LogP contribution in [0.4, 0.5) is 11.4 Å². The maximum atomic E-state index is 12.5. The third kappa shape index (κ3) is 5.31. The normalized spacial score (nSPS) is 10.2. The molecule has 0 aliphatic rings. The molecule has 0 unspecified atom stereocenters. The van der Waals surface area contributed by atoms with Crippen LogP contribution in [0.3, 0.4) is 0 Å². The molecule has 0 heterocycles. The van der Waals surface area contributed by atoms with Crippen LogP contribution in [0.5, 0.6) is 0 Å². The summed E-state index contributed by atoms with van der Waals surface area (Å²) in [6.07, 6.45) is 0. The Balaban J connectivity index is 2.22. The fraction of sp³-hybridized carbons (Fsp3) is 0.250. The second kappa shape index (κ2) is 9.19. The number of benzene rings is 2. The molecule has 27 heavy (non-hydrogen) atoms. The minimum atomic E-state index is -0.525. The van der Waals surface area contributed by atoms with E-state index < -0.39 is 11.9 Å². The number of ether oxygens (including phenoxy) is 1. The second-order valence-corrected chi connectivity index (χ2v) is 6.29. The van der Waals surface area contributed by atoms with Crippen LogP contribution in [0, 0.1) is 6.92 Å². The number of nitrogens with one attached hydrogen (secondary N) is 1. The molecule has 0 bridgehead atoms. The minimum Gasteiger partial charge on any atom is -0.462 e. The molecule has 0 aliphatic heterocycles. The van der Waals surface area contributed by atoms with Crippen molar-refractivity contribution in [2.24, 2.45) is 0 Å². The van der Waals surface area contributed by atoms with E-state index in [1.165, 1.54) is 11.8 Å². The molecule has 142 valence electrons. The number of rotatable bonds is 6. The van der Waals surface area contributed by atoms with Crippen molar-refractivity contribution in [3.05, 3.63) is 58.6 Å². The van der Waals surface area contributed by atoms with E-state index in [4.69, 9.17) is 16.3 Å². The van der Waals surface area contributed by atoms with E-state index in [1.54, 1.807) is 49.4 Å². The fourth-order valence-corrected chi connectivity index (χ4v) is 2.72. The van der Waals surface area contributed by atoms with Gasteiger partial charge in [0, 0.05) is 17.6 Å². The van der Waals surface area contributed by atoms with Crippen LogP contribution in [0.25, 0.3) is 0 Å². The van der Waals surface area contributed by atoms with Crippen molar-refractivity contribution in [2.75, 3.05) is 23.4 Å². The monoisotopic (exact) mass is 388 g/mol. The van der Waals surface area contributed by atoms with Gasteiger partial charge in [0.1, 0.15) is 6.54 Å². The standard InChI is InChI=1S/C20H21ClN2O4/c1-4-27-20(26)16-7-5-6-8-17(16)22-19(25)12-23(14(3)24)18-11-15(21)10-9-13(18)2/h5-11H,4,12H2,1-3H3,(H,22,25). The van der Waals surface area contributed by atoms with Crippen LogP contribution >= 0.6 is 11.6 Å². The Hall–Kier alpha value is -2.86. The van der Waals surface area contributed by atoms with Gasteiger partial charge in [0.05, 0.1) is 17.9 Å². The third-order valence-electron chi connectivity index (χ3n) is 3.84. The van der Waals surface area contributed by atoms with Crippen molar-refractivity contribution in [2.45, 2.75) is 20.8 Å². The number of para-hydroxylation sites is 1. The summed E-state index contributed by atoms with van der Waals surface area (Å²) in [6, 6.07) is 11.7. The van der Waals surface area contributed by atoms with E-state index in [2.05, 4.69) is 5.32 Å². The van der Waals surface area contributed by atoms with Gasteiger partial charge in [-0.3, -0.25) is 9.59 Å².